The number of piperazine rings is 1. The molecule has 8 heteroatoms. The molecule has 1 aromatic rings. The summed E-state index contributed by atoms with van der Waals surface area (Å²) in [6, 6.07) is 6.72. The zero-order chi connectivity index (χ0) is 18.4. The highest BCUT2D eigenvalue weighted by Crippen LogP contribution is 2.28. The minimum Gasteiger partial charge on any atom is -0.444 e. The molecular weight excluding hydrogens is 342 g/mol. The Morgan fingerprint density at radius 3 is 2.56 bits per heavy atom. The van der Waals surface area contributed by atoms with E-state index >= 15 is 0 Å². The van der Waals surface area contributed by atoms with Crippen molar-refractivity contribution in [3.63, 3.8) is 0 Å². The first kappa shape index (κ1) is 17.7. The molecule has 2 aliphatic heterocycles. The molecule has 136 valence electrons. The molecule has 7 nitrogen and oxygen atoms in total. The van der Waals surface area contributed by atoms with Crippen molar-refractivity contribution in [2.24, 2.45) is 4.40 Å². The minimum atomic E-state index is -3.63. The van der Waals surface area contributed by atoms with Crippen molar-refractivity contribution in [2.75, 3.05) is 19.6 Å². The van der Waals surface area contributed by atoms with Crippen LogP contribution in [0.4, 0.5) is 4.79 Å². The van der Waals surface area contributed by atoms with Gasteiger partial charge in [0.05, 0.1) is 0 Å². The van der Waals surface area contributed by atoms with Crippen LogP contribution < -0.4 is 0 Å². The topological polar surface area (TPSA) is 79.3 Å². The zero-order valence-corrected chi connectivity index (χ0v) is 15.7. The van der Waals surface area contributed by atoms with Crippen molar-refractivity contribution in [2.45, 2.75) is 44.2 Å². The second-order valence-corrected chi connectivity index (χ2v) is 8.93. The summed E-state index contributed by atoms with van der Waals surface area (Å²) in [6.45, 7) is 8.89. The van der Waals surface area contributed by atoms with Crippen LogP contribution in [0.1, 0.15) is 33.3 Å². The fourth-order valence-corrected chi connectivity index (χ4v) is 4.29. The highest BCUT2D eigenvalue weighted by Gasteiger charge is 2.36. The van der Waals surface area contributed by atoms with E-state index < -0.39 is 15.6 Å². The SMILES string of the molecule is C[C@H]1CN(C2=NS(=O)(=O)c3ccccc32)CCN1C(=O)OC(C)(C)C. The van der Waals surface area contributed by atoms with Gasteiger partial charge in [-0.05, 0) is 39.8 Å². The van der Waals surface area contributed by atoms with Crippen LogP contribution in [-0.4, -0.2) is 61.4 Å². The maximum Gasteiger partial charge on any atom is 0.410 e. The number of benzene rings is 1. The van der Waals surface area contributed by atoms with Crippen LogP contribution >= 0.6 is 0 Å². The first-order valence-corrected chi connectivity index (χ1v) is 9.71. The van der Waals surface area contributed by atoms with Crippen LogP contribution in [0.15, 0.2) is 33.6 Å². The molecule has 0 bridgehead atoms. The highest BCUT2D eigenvalue weighted by molar-refractivity contribution is 7.90. The normalized spacial score (nSPS) is 22.4. The molecule has 1 atom stereocenters. The number of nitrogens with zero attached hydrogens (tertiary/aromatic N) is 3. The minimum absolute atomic E-state index is 0.109. The lowest BCUT2D eigenvalue weighted by Crippen LogP contribution is -2.56. The fraction of sp³-hybridized carbons (Fsp3) is 0.529. The summed E-state index contributed by atoms with van der Waals surface area (Å²) in [4.78, 5) is 16.2. The van der Waals surface area contributed by atoms with Gasteiger partial charge in [0.25, 0.3) is 10.0 Å². The number of hydrogen-bond donors (Lipinski definition) is 0. The molecule has 1 saturated heterocycles. The van der Waals surface area contributed by atoms with Gasteiger partial charge in [-0.2, -0.15) is 8.42 Å². The summed E-state index contributed by atoms with van der Waals surface area (Å²) >= 11 is 0. The van der Waals surface area contributed by atoms with Crippen LogP contribution in [0.2, 0.25) is 0 Å². The molecule has 3 rings (SSSR count). The van der Waals surface area contributed by atoms with Crippen LogP contribution in [0.5, 0.6) is 0 Å². The largest absolute Gasteiger partial charge is 0.444 e. The van der Waals surface area contributed by atoms with E-state index in [9.17, 15) is 13.2 Å². The fourth-order valence-electron chi connectivity index (χ4n) is 3.06. The Morgan fingerprint density at radius 2 is 1.92 bits per heavy atom. The lowest BCUT2D eigenvalue weighted by molar-refractivity contribution is 0.00778. The van der Waals surface area contributed by atoms with E-state index in [0.717, 1.165) is 0 Å². The molecule has 0 aromatic heterocycles. The first-order chi connectivity index (χ1) is 11.6. The van der Waals surface area contributed by atoms with E-state index in [0.29, 0.717) is 31.0 Å². The van der Waals surface area contributed by atoms with Crippen molar-refractivity contribution in [3.8, 4) is 0 Å². The van der Waals surface area contributed by atoms with Crippen molar-refractivity contribution >= 4 is 22.0 Å². The van der Waals surface area contributed by atoms with Gasteiger partial charge < -0.3 is 14.5 Å². The number of amides is 1. The molecule has 0 radical (unpaired) electrons. The average molecular weight is 365 g/mol. The van der Waals surface area contributed by atoms with Crippen molar-refractivity contribution < 1.29 is 17.9 Å². The van der Waals surface area contributed by atoms with Gasteiger partial charge in [-0.3, -0.25) is 0 Å². The van der Waals surface area contributed by atoms with Crippen LogP contribution in [0.3, 0.4) is 0 Å². The summed E-state index contributed by atoms with van der Waals surface area (Å²) in [5.74, 6) is 0.464. The maximum atomic E-state index is 12.3. The Hall–Kier alpha value is -2.09. The van der Waals surface area contributed by atoms with Crippen LogP contribution in [0.25, 0.3) is 0 Å². The first-order valence-electron chi connectivity index (χ1n) is 8.27. The van der Waals surface area contributed by atoms with Crippen LogP contribution in [-0.2, 0) is 14.8 Å². The number of hydrogen-bond acceptors (Lipinski definition) is 5. The van der Waals surface area contributed by atoms with E-state index in [-0.39, 0.29) is 17.0 Å². The van der Waals surface area contributed by atoms with Gasteiger partial charge in [-0.15, -0.1) is 4.40 Å². The molecule has 2 heterocycles. The third kappa shape index (κ3) is 3.49. The smallest absolute Gasteiger partial charge is 0.410 e. The number of carbonyl (C=O) groups excluding carboxylic acids is 1. The van der Waals surface area contributed by atoms with Gasteiger partial charge >= 0.3 is 6.09 Å². The second kappa shape index (κ2) is 6.01. The molecule has 1 aromatic carbocycles. The van der Waals surface area contributed by atoms with E-state index in [1.165, 1.54) is 0 Å². The monoisotopic (exact) mass is 365 g/mol. The van der Waals surface area contributed by atoms with Crippen molar-refractivity contribution in [1.82, 2.24) is 9.80 Å². The predicted molar refractivity (Wildman–Crippen MR) is 94.1 cm³/mol. The molecule has 0 unspecified atom stereocenters. The molecule has 0 saturated carbocycles. The predicted octanol–water partition coefficient (Wildman–Crippen LogP) is 2.08. The number of ether oxygens (including phenoxy) is 1. The summed E-state index contributed by atoms with van der Waals surface area (Å²) in [5.41, 5.74) is 0.0802. The van der Waals surface area contributed by atoms with Crippen molar-refractivity contribution in [3.05, 3.63) is 29.8 Å². The number of carbonyl (C=O) groups is 1. The van der Waals surface area contributed by atoms with E-state index in [2.05, 4.69) is 4.40 Å². The maximum absolute atomic E-state index is 12.3. The van der Waals surface area contributed by atoms with Gasteiger partial charge in [-0.25, -0.2) is 4.79 Å². The second-order valence-electron chi connectivity index (χ2n) is 7.35. The molecule has 1 fully saturated rings. The van der Waals surface area contributed by atoms with Gasteiger partial charge in [-0.1, -0.05) is 12.1 Å². The van der Waals surface area contributed by atoms with E-state index in [1.807, 2.05) is 32.6 Å². The van der Waals surface area contributed by atoms with Gasteiger partial charge in [0.15, 0.2) is 5.84 Å². The van der Waals surface area contributed by atoms with Gasteiger partial charge in [0.2, 0.25) is 0 Å². The number of amidine groups is 1. The van der Waals surface area contributed by atoms with E-state index in [4.69, 9.17) is 4.74 Å². The molecule has 25 heavy (non-hydrogen) atoms. The Morgan fingerprint density at radius 1 is 1.24 bits per heavy atom. The summed E-state index contributed by atoms with van der Waals surface area (Å²) in [7, 11) is -3.63. The summed E-state index contributed by atoms with van der Waals surface area (Å²) in [6.07, 6.45) is -0.346. The van der Waals surface area contributed by atoms with Gasteiger partial charge in [0.1, 0.15) is 10.5 Å². The third-order valence-electron chi connectivity index (χ3n) is 4.17. The molecule has 1 amide bonds. The number of fused-ring (bicyclic) bond motifs is 1. The number of rotatable bonds is 0. The summed E-state index contributed by atoms with van der Waals surface area (Å²) < 4.78 is 33.8. The molecule has 0 aliphatic carbocycles. The molecular formula is C17H23N3O4S. The number of sulfonamides is 1. The summed E-state index contributed by atoms with van der Waals surface area (Å²) in [5, 5.41) is 0. The van der Waals surface area contributed by atoms with Gasteiger partial charge in [0, 0.05) is 31.2 Å². The lowest BCUT2D eigenvalue weighted by atomic mass is 10.1. The van der Waals surface area contributed by atoms with Crippen LogP contribution in [0, 0.1) is 0 Å². The Kier molecular flexibility index (Phi) is 4.26. The Balaban J connectivity index is 1.77. The lowest BCUT2D eigenvalue weighted by Gasteiger charge is -2.40. The standard InChI is InChI=1S/C17H23N3O4S/c1-12-11-19(9-10-20(12)16(21)24-17(2,3)4)15-13-7-5-6-8-14(13)25(22,23)18-15/h5-8,12H,9-11H2,1-4H3/t12-/m0/s1. The quantitative estimate of drug-likeness (QED) is 0.703. The van der Waals surface area contributed by atoms with E-state index in [1.54, 1.807) is 29.2 Å². The average Bonchev–Trinajstić information content (AvgIpc) is 2.77. The molecule has 0 N–H and O–H groups in total. The zero-order valence-electron chi connectivity index (χ0n) is 14.9. The highest BCUT2D eigenvalue weighted by atomic mass is 32.2. The van der Waals surface area contributed by atoms with Crippen molar-refractivity contribution in [1.29, 1.82) is 0 Å². The third-order valence-corrected chi connectivity index (χ3v) is 5.49. The Bertz CT molecular complexity index is 827. The Labute approximate surface area is 148 Å². The molecule has 0 spiro atoms. The molecule has 2 aliphatic rings.